The Morgan fingerprint density at radius 1 is 1.11 bits per heavy atom. The number of halogens is 3. The number of anilines is 1. The number of hydrogen-bond acceptors (Lipinski definition) is 4. The molecule has 0 aliphatic heterocycles. The van der Waals surface area contributed by atoms with Gasteiger partial charge in [0.25, 0.3) is 0 Å². The molecule has 9 heteroatoms. The van der Waals surface area contributed by atoms with E-state index in [1.54, 1.807) is 24.3 Å². The molecule has 0 aromatic heterocycles. The summed E-state index contributed by atoms with van der Waals surface area (Å²) in [5, 5.41) is 5.78. The molecule has 0 aliphatic rings. The Morgan fingerprint density at radius 3 is 2.57 bits per heavy atom. The first-order valence-electron chi connectivity index (χ1n) is 8.34. The van der Waals surface area contributed by atoms with Crippen LogP contribution in [-0.2, 0) is 15.8 Å². The second kappa shape index (κ2) is 9.54. The Hall–Kier alpha value is -3.36. The first-order chi connectivity index (χ1) is 13.3. The van der Waals surface area contributed by atoms with Gasteiger partial charge in [-0.05, 0) is 36.8 Å². The summed E-state index contributed by atoms with van der Waals surface area (Å²) in [7, 11) is 0. The Morgan fingerprint density at radius 2 is 1.86 bits per heavy atom. The summed E-state index contributed by atoms with van der Waals surface area (Å²) in [6, 6.07) is 10.9. The molecule has 0 radical (unpaired) electrons. The molecule has 0 unspecified atom stereocenters. The lowest BCUT2D eigenvalue weighted by Crippen LogP contribution is -2.32. The molecule has 0 spiro atoms. The zero-order chi connectivity index (χ0) is 20.6. The highest BCUT2D eigenvalue weighted by molar-refractivity contribution is 6.39. The van der Waals surface area contributed by atoms with Crippen LogP contribution < -0.4 is 15.5 Å². The van der Waals surface area contributed by atoms with Gasteiger partial charge in [0.1, 0.15) is 5.75 Å². The molecule has 2 N–H and O–H groups in total. The highest BCUT2D eigenvalue weighted by Crippen LogP contribution is 2.30. The fourth-order valence-corrected chi connectivity index (χ4v) is 2.10. The van der Waals surface area contributed by atoms with Crippen LogP contribution in [0.25, 0.3) is 0 Å². The zero-order valence-corrected chi connectivity index (χ0v) is 14.9. The van der Waals surface area contributed by atoms with Crippen molar-refractivity contribution in [2.45, 2.75) is 19.5 Å². The maximum absolute atomic E-state index is 12.7. The molecule has 0 atom stereocenters. The molecule has 0 saturated carbocycles. The molecule has 0 fully saturated rings. The van der Waals surface area contributed by atoms with Crippen molar-refractivity contribution in [2.24, 2.45) is 5.10 Å². The van der Waals surface area contributed by atoms with E-state index in [1.165, 1.54) is 12.3 Å². The van der Waals surface area contributed by atoms with E-state index in [2.05, 4.69) is 10.4 Å². The lowest BCUT2D eigenvalue weighted by Gasteiger charge is -2.09. The highest BCUT2D eigenvalue weighted by Gasteiger charge is 2.30. The average molecular weight is 393 g/mol. The third kappa shape index (κ3) is 6.11. The van der Waals surface area contributed by atoms with Gasteiger partial charge in [-0.1, -0.05) is 25.1 Å². The Kier molecular flexibility index (Phi) is 7.14. The molecule has 28 heavy (non-hydrogen) atoms. The van der Waals surface area contributed by atoms with Crippen molar-refractivity contribution in [3.05, 3.63) is 59.7 Å². The van der Waals surface area contributed by atoms with E-state index in [0.29, 0.717) is 17.9 Å². The van der Waals surface area contributed by atoms with Gasteiger partial charge in [-0.25, -0.2) is 5.43 Å². The number of alkyl halides is 3. The van der Waals surface area contributed by atoms with Gasteiger partial charge in [0.15, 0.2) is 0 Å². The maximum atomic E-state index is 12.7. The van der Waals surface area contributed by atoms with Crippen molar-refractivity contribution in [3.8, 4) is 5.75 Å². The highest BCUT2D eigenvalue weighted by atomic mass is 19.4. The molecule has 6 nitrogen and oxygen atoms in total. The predicted molar refractivity (Wildman–Crippen MR) is 98.0 cm³/mol. The molecule has 148 valence electrons. The van der Waals surface area contributed by atoms with Crippen LogP contribution in [0.2, 0.25) is 0 Å². The van der Waals surface area contributed by atoms with Crippen molar-refractivity contribution in [3.63, 3.8) is 0 Å². The summed E-state index contributed by atoms with van der Waals surface area (Å²) >= 11 is 0. The number of rotatable bonds is 6. The number of amides is 2. The van der Waals surface area contributed by atoms with Crippen LogP contribution in [0.3, 0.4) is 0 Å². The Balaban J connectivity index is 1.97. The van der Waals surface area contributed by atoms with Crippen LogP contribution >= 0.6 is 0 Å². The summed E-state index contributed by atoms with van der Waals surface area (Å²) in [5.74, 6) is -1.71. The minimum absolute atomic E-state index is 0.155. The number of ether oxygens (including phenoxy) is 1. The Labute approximate surface area is 159 Å². The number of nitrogens with zero attached hydrogens (tertiary/aromatic N) is 1. The van der Waals surface area contributed by atoms with Crippen molar-refractivity contribution in [1.82, 2.24) is 5.43 Å². The van der Waals surface area contributed by atoms with Gasteiger partial charge in [-0.3, -0.25) is 9.59 Å². The van der Waals surface area contributed by atoms with E-state index >= 15 is 0 Å². The smallest absolute Gasteiger partial charge is 0.416 e. The zero-order valence-electron chi connectivity index (χ0n) is 14.9. The van der Waals surface area contributed by atoms with E-state index in [4.69, 9.17) is 4.74 Å². The molecule has 0 saturated heterocycles. The average Bonchev–Trinajstić information content (AvgIpc) is 2.66. The molecular weight excluding hydrogens is 375 g/mol. The summed E-state index contributed by atoms with van der Waals surface area (Å²) < 4.78 is 43.6. The lowest BCUT2D eigenvalue weighted by atomic mass is 10.2. The number of hydrazone groups is 1. The van der Waals surface area contributed by atoms with Gasteiger partial charge in [0, 0.05) is 11.3 Å². The van der Waals surface area contributed by atoms with Crippen LogP contribution in [-0.4, -0.2) is 24.6 Å². The first kappa shape index (κ1) is 20.9. The largest absolute Gasteiger partial charge is 0.493 e. The van der Waals surface area contributed by atoms with E-state index in [9.17, 15) is 22.8 Å². The third-order valence-corrected chi connectivity index (χ3v) is 3.40. The maximum Gasteiger partial charge on any atom is 0.416 e. The number of para-hydroxylation sites is 1. The van der Waals surface area contributed by atoms with Gasteiger partial charge in [0.2, 0.25) is 0 Å². The minimum Gasteiger partial charge on any atom is -0.493 e. The summed E-state index contributed by atoms with van der Waals surface area (Å²) in [6.07, 6.45) is -2.43. The number of nitrogens with one attached hydrogen (secondary N) is 2. The van der Waals surface area contributed by atoms with Crippen molar-refractivity contribution in [1.29, 1.82) is 0 Å². The summed E-state index contributed by atoms with van der Waals surface area (Å²) in [4.78, 5) is 23.6. The second-order valence-electron chi connectivity index (χ2n) is 5.62. The van der Waals surface area contributed by atoms with Gasteiger partial charge >= 0.3 is 18.0 Å². The number of hydrogen-bond donors (Lipinski definition) is 2. The summed E-state index contributed by atoms with van der Waals surface area (Å²) in [6.45, 7) is 2.47. The molecule has 0 heterocycles. The van der Waals surface area contributed by atoms with Crippen LogP contribution in [0.1, 0.15) is 24.5 Å². The monoisotopic (exact) mass is 393 g/mol. The SMILES string of the molecule is CCCOc1ccccc1/C=N\NC(=O)C(=O)Nc1cccc(C(F)(F)F)c1. The number of carbonyl (C=O) groups is 2. The van der Waals surface area contributed by atoms with Crippen LogP contribution in [0.15, 0.2) is 53.6 Å². The molecule has 2 aromatic rings. The van der Waals surface area contributed by atoms with E-state index in [0.717, 1.165) is 24.6 Å². The van der Waals surface area contributed by atoms with E-state index in [-0.39, 0.29) is 5.69 Å². The summed E-state index contributed by atoms with van der Waals surface area (Å²) in [5.41, 5.74) is 1.52. The lowest BCUT2D eigenvalue weighted by molar-refractivity contribution is -0.137. The van der Waals surface area contributed by atoms with Gasteiger partial charge in [0.05, 0.1) is 18.4 Å². The first-order valence-corrected chi connectivity index (χ1v) is 8.34. The van der Waals surface area contributed by atoms with Crippen molar-refractivity contribution >= 4 is 23.7 Å². The molecular formula is C19H18F3N3O3. The van der Waals surface area contributed by atoms with Gasteiger partial charge in [-0.15, -0.1) is 0 Å². The van der Waals surface area contributed by atoms with Gasteiger partial charge < -0.3 is 10.1 Å². The molecule has 2 amide bonds. The Bertz CT molecular complexity index is 867. The minimum atomic E-state index is -4.56. The van der Waals surface area contributed by atoms with E-state index < -0.39 is 23.6 Å². The number of benzene rings is 2. The molecule has 2 aromatic carbocycles. The van der Waals surface area contributed by atoms with Crippen LogP contribution in [0.5, 0.6) is 5.75 Å². The van der Waals surface area contributed by atoms with Crippen molar-refractivity contribution < 1.29 is 27.5 Å². The van der Waals surface area contributed by atoms with Crippen LogP contribution in [0.4, 0.5) is 18.9 Å². The predicted octanol–water partition coefficient (Wildman–Crippen LogP) is 3.58. The topological polar surface area (TPSA) is 79.8 Å². The quantitative estimate of drug-likeness (QED) is 0.447. The fraction of sp³-hybridized carbons (Fsp3) is 0.211. The fourth-order valence-electron chi connectivity index (χ4n) is 2.10. The third-order valence-electron chi connectivity index (χ3n) is 3.40. The normalized spacial score (nSPS) is 11.3. The molecule has 0 bridgehead atoms. The second-order valence-corrected chi connectivity index (χ2v) is 5.62. The standard InChI is InChI=1S/C19H18F3N3O3/c1-2-10-28-16-9-4-3-6-13(16)12-23-25-18(27)17(26)24-15-8-5-7-14(11-15)19(20,21)22/h3-9,11-12H,2,10H2,1H3,(H,24,26)(H,25,27)/b23-12-. The van der Waals surface area contributed by atoms with Crippen LogP contribution in [0, 0.1) is 0 Å². The number of carbonyl (C=O) groups excluding carboxylic acids is 2. The molecule has 0 aliphatic carbocycles. The van der Waals surface area contributed by atoms with Gasteiger partial charge in [-0.2, -0.15) is 18.3 Å². The van der Waals surface area contributed by atoms with Crippen molar-refractivity contribution in [2.75, 3.05) is 11.9 Å². The molecule has 2 rings (SSSR count). The van der Waals surface area contributed by atoms with E-state index in [1.807, 2.05) is 12.3 Å².